The minimum atomic E-state index is -2.10. The van der Waals surface area contributed by atoms with E-state index in [1.165, 1.54) is 6.92 Å². The first-order valence-electron chi connectivity index (χ1n) is 12.5. The Bertz CT molecular complexity index is 898. The van der Waals surface area contributed by atoms with Crippen LogP contribution in [0.4, 0.5) is 0 Å². The van der Waals surface area contributed by atoms with Gasteiger partial charge in [-0.2, -0.15) is 0 Å². The van der Waals surface area contributed by atoms with Crippen LogP contribution in [0.5, 0.6) is 0 Å². The first-order chi connectivity index (χ1) is 18.7. The summed E-state index contributed by atoms with van der Waals surface area (Å²) in [7, 11) is 0. The summed E-state index contributed by atoms with van der Waals surface area (Å²) < 4.78 is 28.0. The quantitative estimate of drug-likeness (QED) is 0.112. The molecule has 0 aliphatic carbocycles. The van der Waals surface area contributed by atoms with Crippen LogP contribution in [0.1, 0.15) is 6.92 Å². The van der Waals surface area contributed by atoms with Gasteiger partial charge < -0.3 is 87.5 Å². The molecule has 40 heavy (non-hydrogen) atoms. The van der Waals surface area contributed by atoms with E-state index in [1.807, 2.05) is 0 Å². The standard InChI is InChI=1S/C22H40N4O14/c1-6(18(26)34)2-22(5-29)17(33)14(32)11(25)21(40-22)39-16-8(4-28)37-20(10(24)13(16)31)38-15-7(3-27)36-19(35)9(23)12(15)30/h2,7-17,19-21,27-33,35H,3-5,23-25H2,1H3,(H2,26,34)/b6-2+/t7-,8-,9-,10-,11-,12-,13-,14-,15?,16?,17+,19-,20+,21+,22-/m1/s1. The van der Waals surface area contributed by atoms with Crippen LogP contribution in [0.15, 0.2) is 11.6 Å². The van der Waals surface area contributed by atoms with Gasteiger partial charge in [0.1, 0.15) is 54.4 Å². The van der Waals surface area contributed by atoms with E-state index in [0.29, 0.717) is 0 Å². The topological polar surface area (TPSA) is 329 Å². The number of hydrogen-bond acceptors (Lipinski definition) is 17. The van der Waals surface area contributed by atoms with E-state index < -0.39 is 117 Å². The minimum Gasteiger partial charge on any atom is -0.394 e. The third-order valence-electron chi connectivity index (χ3n) is 7.37. The number of aliphatic hydroxyl groups is 8. The van der Waals surface area contributed by atoms with Crippen molar-refractivity contribution < 1.29 is 69.3 Å². The van der Waals surface area contributed by atoms with Crippen LogP contribution in [-0.4, -0.2) is 158 Å². The third-order valence-corrected chi connectivity index (χ3v) is 7.37. The van der Waals surface area contributed by atoms with Gasteiger partial charge in [-0.15, -0.1) is 0 Å². The number of nitrogens with two attached hydrogens (primary N) is 4. The maximum absolute atomic E-state index is 11.6. The van der Waals surface area contributed by atoms with Gasteiger partial charge in [-0.25, -0.2) is 0 Å². The number of ether oxygens (including phenoxy) is 5. The minimum absolute atomic E-state index is 0.117. The summed E-state index contributed by atoms with van der Waals surface area (Å²) in [6.45, 7) is -1.12. The first kappa shape index (κ1) is 33.1. The van der Waals surface area contributed by atoms with Crippen molar-refractivity contribution in [2.75, 3.05) is 19.8 Å². The lowest BCUT2D eigenvalue weighted by atomic mass is 9.84. The second-order valence-electron chi connectivity index (χ2n) is 10.1. The Kier molecular flexibility index (Phi) is 11.0. The Hall–Kier alpha value is -1.43. The molecule has 0 aromatic carbocycles. The molecule has 3 fully saturated rings. The van der Waals surface area contributed by atoms with Crippen LogP contribution in [0, 0.1) is 0 Å². The molecule has 0 radical (unpaired) electrons. The van der Waals surface area contributed by atoms with Crippen LogP contribution in [0.25, 0.3) is 0 Å². The number of carbonyl (C=O) groups excluding carboxylic acids is 1. The second-order valence-corrected chi connectivity index (χ2v) is 10.1. The lowest BCUT2D eigenvalue weighted by Gasteiger charge is -2.50. The summed E-state index contributed by atoms with van der Waals surface area (Å²) in [5, 5.41) is 82.1. The Labute approximate surface area is 228 Å². The molecule has 3 saturated heterocycles. The lowest BCUT2D eigenvalue weighted by molar-refractivity contribution is -0.355. The maximum atomic E-state index is 11.6. The Morgan fingerprint density at radius 3 is 1.85 bits per heavy atom. The summed E-state index contributed by atoms with van der Waals surface area (Å²) in [6.07, 6.45) is -16.0. The molecule has 1 amide bonds. The Morgan fingerprint density at radius 2 is 1.32 bits per heavy atom. The predicted molar refractivity (Wildman–Crippen MR) is 129 cm³/mol. The van der Waals surface area contributed by atoms with Gasteiger partial charge in [0, 0.05) is 5.57 Å². The average molecular weight is 585 g/mol. The molecule has 0 bridgehead atoms. The van der Waals surface area contributed by atoms with E-state index in [9.17, 15) is 45.6 Å². The molecule has 15 atom stereocenters. The lowest BCUT2D eigenvalue weighted by Crippen LogP contribution is -2.71. The Morgan fingerprint density at radius 1 is 0.825 bits per heavy atom. The molecule has 3 rings (SSSR count). The molecule has 18 heteroatoms. The van der Waals surface area contributed by atoms with Crippen LogP contribution in [0.2, 0.25) is 0 Å². The number of primary amides is 1. The average Bonchev–Trinajstić information content (AvgIpc) is 2.93. The molecule has 3 aliphatic rings. The van der Waals surface area contributed by atoms with E-state index in [1.54, 1.807) is 0 Å². The fraction of sp³-hybridized carbons (Fsp3) is 0.864. The predicted octanol–water partition coefficient (Wildman–Crippen LogP) is -7.87. The zero-order chi connectivity index (χ0) is 30.1. The van der Waals surface area contributed by atoms with Crippen molar-refractivity contribution in [3.63, 3.8) is 0 Å². The van der Waals surface area contributed by atoms with Crippen molar-refractivity contribution >= 4 is 5.91 Å². The van der Waals surface area contributed by atoms with Crippen LogP contribution in [0.3, 0.4) is 0 Å². The van der Waals surface area contributed by atoms with Gasteiger partial charge in [0.15, 0.2) is 18.9 Å². The highest BCUT2D eigenvalue weighted by molar-refractivity contribution is 5.91. The molecule has 0 spiro atoms. The molecule has 3 aliphatic heterocycles. The van der Waals surface area contributed by atoms with Gasteiger partial charge in [-0.1, -0.05) is 0 Å². The summed E-state index contributed by atoms with van der Waals surface area (Å²) in [6, 6.07) is -4.19. The van der Waals surface area contributed by atoms with E-state index in [2.05, 4.69) is 0 Å². The van der Waals surface area contributed by atoms with Gasteiger partial charge in [0.2, 0.25) is 5.91 Å². The molecule has 3 heterocycles. The Balaban J connectivity index is 1.81. The highest BCUT2D eigenvalue weighted by atomic mass is 16.7. The van der Waals surface area contributed by atoms with E-state index in [-0.39, 0.29) is 5.57 Å². The SMILES string of the molecule is C/C(=C\[C@]1(CO)O[C@H](OC2[C@@H](CO)O[C@@H](OC3[C@@H](CO)O[C@@H](O)[C@H](N)[C@H]3O)[C@H](N)[C@H]2O)[C@H](N)[C@@H](O)[C@@H]1O)C(N)=O. The van der Waals surface area contributed by atoms with E-state index in [4.69, 9.17) is 46.6 Å². The van der Waals surface area contributed by atoms with Crippen molar-refractivity contribution in [2.24, 2.45) is 22.9 Å². The smallest absolute Gasteiger partial charge is 0.244 e. The largest absolute Gasteiger partial charge is 0.394 e. The van der Waals surface area contributed by atoms with Crippen molar-refractivity contribution in [2.45, 2.75) is 98.4 Å². The summed E-state index contributed by atoms with van der Waals surface area (Å²) in [5.41, 5.74) is 20.9. The van der Waals surface area contributed by atoms with Gasteiger partial charge in [-0.3, -0.25) is 4.79 Å². The highest BCUT2D eigenvalue weighted by Gasteiger charge is 2.55. The second kappa shape index (κ2) is 13.3. The first-order valence-corrected chi connectivity index (χ1v) is 12.5. The molecule has 18 nitrogen and oxygen atoms in total. The maximum Gasteiger partial charge on any atom is 0.244 e. The molecule has 0 aromatic heterocycles. The molecule has 232 valence electrons. The molecule has 0 saturated carbocycles. The summed E-state index contributed by atoms with van der Waals surface area (Å²) >= 11 is 0. The monoisotopic (exact) mass is 584 g/mol. The molecule has 2 unspecified atom stereocenters. The number of carbonyl (C=O) groups is 1. The fourth-order valence-corrected chi connectivity index (χ4v) is 4.83. The van der Waals surface area contributed by atoms with Gasteiger partial charge in [0.05, 0.1) is 37.9 Å². The normalized spacial score (nSPS) is 48.6. The summed E-state index contributed by atoms with van der Waals surface area (Å²) in [5.74, 6) is -0.897. The zero-order valence-electron chi connectivity index (χ0n) is 21.6. The molecule has 0 aromatic rings. The number of amides is 1. The van der Waals surface area contributed by atoms with Gasteiger partial charge in [0.25, 0.3) is 0 Å². The van der Waals surface area contributed by atoms with Crippen molar-refractivity contribution in [3.05, 3.63) is 11.6 Å². The molecular formula is C22H40N4O14. The van der Waals surface area contributed by atoms with Crippen LogP contribution in [-0.2, 0) is 28.5 Å². The molecule has 16 N–H and O–H groups in total. The van der Waals surface area contributed by atoms with Gasteiger partial charge in [-0.05, 0) is 13.0 Å². The molecular weight excluding hydrogens is 544 g/mol. The highest BCUT2D eigenvalue weighted by Crippen LogP contribution is 2.35. The van der Waals surface area contributed by atoms with Crippen LogP contribution < -0.4 is 22.9 Å². The number of rotatable bonds is 9. The summed E-state index contributed by atoms with van der Waals surface area (Å²) in [4.78, 5) is 11.6. The van der Waals surface area contributed by atoms with Crippen LogP contribution >= 0.6 is 0 Å². The fourth-order valence-electron chi connectivity index (χ4n) is 4.83. The number of aliphatic hydroxyl groups excluding tert-OH is 8. The van der Waals surface area contributed by atoms with E-state index in [0.717, 1.165) is 6.08 Å². The van der Waals surface area contributed by atoms with Gasteiger partial charge >= 0.3 is 0 Å². The van der Waals surface area contributed by atoms with Crippen molar-refractivity contribution in [3.8, 4) is 0 Å². The van der Waals surface area contributed by atoms with E-state index >= 15 is 0 Å². The van der Waals surface area contributed by atoms with Crippen molar-refractivity contribution in [1.82, 2.24) is 0 Å². The number of hydrogen-bond donors (Lipinski definition) is 12. The third kappa shape index (κ3) is 6.32. The zero-order valence-corrected chi connectivity index (χ0v) is 21.6. The van der Waals surface area contributed by atoms with Crippen molar-refractivity contribution in [1.29, 1.82) is 0 Å².